The molecule has 0 aromatic heterocycles. The molecule has 0 aliphatic carbocycles. The molecule has 0 N–H and O–H groups in total. The first-order chi connectivity index (χ1) is 10.2. The van der Waals surface area contributed by atoms with Crippen molar-refractivity contribution in [2.45, 2.75) is 0 Å². The van der Waals surface area contributed by atoms with Crippen molar-refractivity contribution in [3.8, 4) is 24.2 Å². The van der Waals surface area contributed by atoms with Crippen LogP contribution in [0.1, 0.15) is 11.1 Å². The van der Waals surface area contributed by atoms with E-state index in [1.165, 1.54) is 6.07 Å². The van der Waals surface area contributed by atoms with Gasteiger partial charge < -0.3 is 4.74 Å². The standard InChI is InChI=1S/C18H12FNO/c1-2-11-21-16-9-7-14(8-10-16)12-15(13-20)17-5-3-4-6-18(17)19/h1,3-10,12H,11H2. The van der Waals surface area contributed by atoms with Crippen LogP contribution >= 0.6 is 0 Å². The van der Waals surface area contributed by atoms with E-state index in [0.717, 1.165) is 5.56 Å². The van der Waals surface area contributed by atoms with Gasteiger partial charge in [-0.15, -0.1) is 6.42 Å². The lowest BCUT2D eigenvalue weighted by Gasteiger charge is -2.03. The molecule has 0 saturated heterocycles. The summed E-state index contributed by atoms with van der Waals surface area (Å²) in [6, 6.07) is 15.3. The Balaban J connectivity index is 2.27. The lowest BCUT2D eigenvalue weighted by Crippen LogP contribution is -1.92. The minimum Gasteiger partial charge on any atom is -0.481 e. The van der Waals surface area contributed by atoms with Crippen molar-refractivity contribution in [2.24, 2.45) is 0 Å². The summed E-state index contributed by atoms with van der Waals surface area (Å²) in [6.45, 7) is 0.202. The lowest BCUT2D eigenvalue weighted by molar-refractivity contribution is 0.370. The van der Waals surface area contributed by atoms with Crippen LogP contribution in [0.15, 0.2) is 48.5 Å². The van der Waals surface area contributed by atoms with E-state index in [1.807, 2.05) is 6.07 Å². The quantitative estimate of drug-likeness (QED) is 0.482. The Morgan fingerprint density at radius 3 is 2.52 bits per heavy atom. The maximum Gasteiger partial charge on any atom is 0.148 e. The molecule has 2 nitrogen and oxygen atoms in total. The van der Waals surface area contributed by atoms with Gasteiger partial charge in [-0.3, -0.25) is 0 Å². The summed E-state index contributed by atoms with van der Waals surface area (Å²) >= 11 is 0. The highest BCUT2D eigenvalue weighted by Gasteiger charge is 2.06. The van der Waals surface area contributed by atoms with Crippen molar-refractivity contribution in [3.05, 3.63) is 65.5 Å². The smallest absolute Gasteiger partial charge is 0.148 e. The van der Waals surface area contributed by atoms with Crippen LogP contribution in [0, 0.1) is 29.5 Å². The van der Waals surface area contributed by atoms with Crippen molar-refractivity contribution in [3.63, 3.8) is 0 Å². The fourth-order valence-corrected chi connectivity index (χ4v) is 1.80. The molecule has 21 heavy (non-hydrogen) atoms. The van der Waals surface area contributed by atoms with Gasteiger partial charge in [-0.25, -0.2) is 4.39 Å². The largest absolute Gasteiger partial charge is 0.481 e. The van der Waals surface area contributed by atoms with Gasteiger partial charge in [0.1, 0.15) is 18.2 Å². The normalized spacial score (nSPS) is 10.5. The molecule has 3 heteroatoms. The van der Waals surface area contributed by atoms with E-state index in [9.17, 15) is 9.65 Å². The number of hydrogen-bond donors (Lipinski definition) is 0. The molecule has 2 aromatic carbocycles. The first-order valence-electron chi connectivity index (χ1n) is 6.27. The van der Waals surface area contributed by atoms with Crippen LogP contribution in [-0.2, 0) is 0 Å². The summed E-state index contributed by atoms with van der Waals surface area (Å²) in [5.41, 5.74) is 1.33. The van der Waals surface area contributed by atoms with Gasteiger partial charge in [0, 0.05) is 5.56 Å². The molecule has 0 aliphatic heterocycles. The van der Waals surface area contributed by atoms with E-state index in [2.05, 4.69) is 5.92 Å². The topological polar surface area (TPSA) is 33.0 Å². The van der Waals surface area contributed by atoms with E-state index in [4.69, 9.17) is 11.2 Å². The van der Waals surface area contributed by atoms with Crippen molar-refractivity contribution in [1.82, 2.24) is 0 Å². The molecule has 0 fully saturated rings. The molecule has 2 aromatic rings. The van der Waals surface area contributed by atoms with Crippen LogP contribution in [0.4, 0.5) is 4.39 Å². The first kappa shape index (κ1) is 14.4. The number of ether oxygens (including phenoxy) is 1. The van der Waals surface area contributed by atoms with Crippen LogP contribution in [0.3, 0.4) is 0 Å². The van der Waals surface area contributed by atoms with Crippen LogP contribution in [0.25, 0.3) is 11.6 Å². The number of hydrogen-bond acceptors (Lipinski definition) is 2. The van der Waals surface area contributed by atoms with Gasteiger partial charge in [0.05, 0.1) is 11.6 Å². The van der Waals surface area contributed by atoms with Gasteiger partial charge in [-0.1, -0.05) is 36.3 Å². The molecule has 0 aliphatic rings. The number of nitrogens with zero attached hydrogens (tertiary/aromatic N) is 1. The number of allylic oxidation sites excluding steroid dienone is 1. The molecule has 2 rings (SSSR count). The third kappa shape index (κ3) is 3.72. The van der Waals surface area contributed by atoms with Crippen LogP contribution in [0.5, 0.6) is 5.75 Å². The van der Waals surface area contributed by atoms with Crippen molar-refractivity contribution in [2.75, 3.05) is 6.61 Å². The SMILES string of the molecule is C#CCOc1ccc(C=C(C#N)c2ccccc2F)cc1. The summed E-state index contributed by atoms with van der Waals surface area (Å²) in [7, 11) is 0. The minimum atomic E-state index is -0.417. The maximum absolute atomic E-state index is 13.7. The van der Waals surface area contributed by atoms with Crippen molar-refractivity contribution in [1.29, 1.82) is 5.26 Å². The summed E-state index contributed by atoms with van der Waals surface area (Å²) in [6.07, 6.45) is 6.74. The summed E-state index contributed by atoms with van der Waals surface area (Å²) in [5, 5.41) is 9.20. The second-order valence-corrected chi connectivity index (χ2v) is 4.21. The van der Waals surface area contributed by atoms with E-state index in [-0.39, 0.29) is 17.7 Å². The summed E-state index contributed by atoms with van der Waals surface area (Å²) < 4.78 is 19.0. The molecule has 0 atom stereocenters. The van der Waals surface area contributed by atoms with Gasteiger partial charge in [0.2, 0.25) is 0 Å². The lowest BCUT2D eigenvalue weighted by atomic mass is 10.0. The molecule has 0 saturated carbocycles. The van der Waals surface area contributed by atoms with Gasteiger partial charge in [0.25, 0.3) is 0 Å². The summed E-state index contributed by atoms with van der Waals surface area (Å²) in [5.74, 6) is 2.61. The Morgan fingerprint density at radius 1 is 1.19 bits per heavy atom. The van der Waals surface area contributed by atoms with Gasteiger partial charge >= 0.3 is 0 Å². The zero-order valence-electron chi connectivity index (χ0n) is 11.2. The second-order valence-electron chi connectivity index (χ2n) is 4.21. The van der Waals surface area contributed by atoms with E-state index >= 15 is 0 Å². The van der Waals surface area contributed by atoms with E-state index in [0.29, 0.717) is 5.75 Å². The zero-order chi connectivity index (χ0) is 15.1. The van der Waals surface area contributed by atoms with Crippen LogP contribution in [0.2, 0.25) is 0 Å². The third-order valence-electron chi connectivity index (χ3n) is 2.80. The third-order valence-corrected chi connectivity index (χ3v) is 2.80. The Morgan fingerprint density at radius 2 is 1.90 bits per heavy atom. The molecule has 0 amide bonds. The molecular weight excluding hydrogens is 265 g/mol. The van der Waals surface area contributed by atoms with Crippen molar-refractivity contribution >= 4 is 11.6 Å². The highest BCUT2D eigenvalue weighted by Crippen LogP contribution is 2.21. The van der Waals surface area contributed by atoms with Gasteiger partial charge in [0.15, 0.2) is 0 Å². The number of halogens is 1. The molecule has 0 heterocycles. The average molecular weight is 277 g/mol. The number of benzene rings is 2. The maximum atomic E-state index is 13.7. The molecule has 102 valence electrons. The van der Waals surface area contributed by atoms with Gasteiger partial charge in [-0.2, -0.15) is 5.26 Å². The molecular formula is C18H12FNO. The molecule has 0 bridgehead atoms. The van der Waals surface area contributed by atoms with E-state index < -0.39 is 5.82 Å². The highest BCUT2D eigenvalue weighted by atomic mass is 19.1. The average Bonchev–Trinajstić information content (AvgIpc) is 2.52. The fraction of sp³-hybridized carbons (Fsp3) is 0.0556. The van der Waals surface area contributed by atoms with Gasteiger partial charge in [-0.05, 0) is 29.8 Å². The van der Waals surface area contributed by atoms with Crippen molar-refractivity contribution < 1.29 is 9.13 Å². The highest BCUT2D eigenvalue weighted by molar-refractivity contribution is 5.89. The number of rotatable bonds is 4. The monoisotopic (exact) mass is 277 g/mol. The summed E-state index contributed by atoms with van der Waals surface area (Å²) in [4.78, 5) is 0. The predicted octanol–water partition coefficient (Wildman–Crippen LogP) is 3.90. The predicted molar refractivity (Wildman–Crippen MR) is 80.7 cm³/mol. The zero-order valence-corrected chi connectivity index (χ0v) is 11.2. The van der Waals surface area contributed by atoms with Crippen LogP contribution in [-0.4, -0.2) is 6.61 Å². The Hall–Kier alpha value is -3.04. The molecule has 0 spiro atoms. The molecule has 0 radical (unpaired) electrons. The second kappa shape index (κ2) is 6.93. The minimum absolute atomic E-state index is 0.202. The Labute approximate surface area is 123 Å². The van der Waals surface area contributed by atoms with Crippen LogP contribution < -0.4 is 4.74 Å². The Kier molecular flexibility index (Phi) is 4.75. The number of nitriles is 1. The fourth-order valence-electron chi connectivity index (χ4n) is 1.80. The van der Waals surface area contributed by atoms with E-state index in [1.54, 1.807) is 48.5 Å². The molecule has 0 unspecified atom stereocenters. The number of terminal acetylenes is 1. The Bertz CT molecular complexity index is 733. The first-order valence-corrected chi connectivity index (χ1v) is 6.27.